The van der Waals surface area contributed by atoms with Gasteiger partial charge in [-0.3, -0.25) is 15.5 Å². The third-order valence-electron chi connectivity index (χ3n) is 3.00. The number of hydrogen-bond acceptors (Lipinski definition) is 5. The number of aromatic nitrogens is 1. The Bertz CT molecular complexity index is 672. The number of fused-ring (bicyclic) bond motifs is 1. The van der Waals surface area contributed by atoms with Crippen LogP contribution in [-0.4, -0.2) is 22.3 Å². The number of benzene rings is 1. The smallest absolute Gasteiger partial charge is 0.295 e. The van der Waals surface area contributed by atoms with Crippen molar-refractivity contribution < 1.29 is 9.66 Å². The molecule has 1 aromatic heterocycles. The van der Waals surface area contributed by atoms with Crippen molar-refractivity contribution in [1.29, 1.82) is 5.41 Å². The first-order chi connectivity index (χ1) is 10.1. The molecule has 0 atom stereocenters. The van der Waals surface area contributed by atoms with Crippen LogP contribution in [-0.2, 0) is 0 Å². The van der Waals surface area contributed by atoms with Gasteiger partial charge in [-0.15, -0.1) is 0 Å². The van der Waals surface area contributed by atoms with Gasteiger partial charge >= 0.3 is 0 Å². The quantitative estimate of drug-likeness (QED) is 0.267. The van der Waals surface area contributed by atoms with E-state index in [9.17, 15) is 10.1 Å². The van der Waals surface area contributed by atoms with Crippen LogP contribution in [0.25, 0.3) is 10.9 Å². The molecule has 21 heavy (non-hydrogen) atoms. The maximum atomic E-state index is 11.0. The van der Waals surface area contributed by atoms with Gasteiger partial charge in [0.15, 0.2) is 5.52 Å². The SMILES string of the molecule is N=C(N)CCCCOc1ccc([N+](=O)[O-])c2ncccc12. The lowest BCUT2D eigenvalue weighted by Crippen LogP contribution is -2.09. The van der Waals surface area contributed by atoms with E-state index in [2.05, 4.69) is 4.98 Å². The Hall–Kier alpha value is -2.70. The fraction of sp³-hybridized carbons (Fsp3) is 0.286. The van der Waals surface area contributed by atoms with E-state index >= 15 is 0 Å². The molecule has 1 aromatic carbocycles. The molecule has 1 heterocycles. The molecule has 110 valence electrons. The molecule has 0 radical (unpaired) electrons. The van der Waals surface area contributed by atoms with Gasteiger partial charge < -0.3 is 10.5 Å². The van der Waals surface area contributed by atoms with Crippen LogP contribution >= 0.6 is 0 Å². The Morgan fingerprint density at radius 2 is 2.19 bits per heavy atom. The molecule has 0 aliphatic rings. The van der Waals surface area contributed by atoms with Crippen molar-refractivity contribution in [1.82, 2.24) is 4.98 Å². The van der Waals surface area contributed by atoms with Crippen LogP contribution in [0.2, 0.25) is 0 Å². The van der Waals surface area contributed by atoms with Gasteiger partial charge in [-0.1, -0.05) is 0 Å². The number of nitrogens with zero attached hydrogens (tertiary/aromatic N) is 2. The summed E-state index contributed by atoms with van der Waals surface area (Å²) in [5.41, 5.74) is 5.57. The maximum absolute atomic E-state index is 11.0. The van der Waals surface area contributed by atoms with E-state index in [1.807, 2.05) is 0 Å². The summed E-state index contributed by atoms with van der Waals surface area (Å²) in [6.45, 7) is 0.467. The highest BCUT2D eigenvalue weighted by atomic mass is 16.6. The number of nitrogens with two attached hydrogens (primary N) is 1. The van der Waals surface area contributed by atoms with Gasteiger partial charge in [0.2, 0.25) is 0 Å². The highest BCUT2D eigenvalue weighted by molar-refractivity contribution is 5.91. The standard InChI is InChI=1S/C14H16N4O3/c15-13(16)5-1-2-9-21-12-7-6-11(18(19)20)14-10(12)4-3-8-17-14/h3-4,6-8H,1-2,5,9H2,(H3,15,16). The van der Waals surface area contributed by atoms with E-state index in [0.717, 1.165) is 12.8 Å². The number of nitro groups is 1. The molecule has 2 aromatic rings. The highest BCUT2D eigenvalue weighted by Crippen LogP contribution is 2.31. The molecule has 0 unspecified atom stereocenters. The van der Waals surface area contributed by atoms with Crippen LogP contribution in [0.4, 0.5) is 5.69 Å². The first-order valence-corrected chi connectivity index (χ1v) is 6.57. The van der Waals surface area contributed by atoms with Crippen molar-refractivity contribution in [3.05, 3.63) is 40.6 Å². The Morgan fingerprint density at radius 3 is 2.90 bits per heavy atom. The fourth-order valence-corrected chi connectivity index (χ4v) is 2.00. The van der Waals surface area contributed by atoms with Crippen LogP contribution in [0.5, 0.6) is 5.75 Å². The highest BCUT2D eigenvalue weighted by Gasteiger charge is 2.15. The Morgan fingerprint density at radius 1 is 1.38 bits per heavy atom. The van der Waals surface area contributed by atoms with Crippen molar-refractivity contribution in [2.45, 2.75) is 19.3 Å². The predicted octanol–water partition coefficient (Wildman–Crippen LogP) is 2.63. The second kappa shape index (κ2) is 6.65. The lowest BCUT2D eigenvalue weighted by molar-refractivity contribution is -0.383. The summed E-state index contributed by atoms with van der Waals surface area (Å²) in [6, 6.07) is 6.46. The molecule has 0 spiro atoms. The Balaban J connectivity index is 2.12. The number of pyridine rings is 1. The number of hydrogen-bond donors (Lipinski definition) is 2. The van der Waals surface area contributed by atoms with Gasteiger partial charge in [-0.05, 0) is 31.0 Å². The van der Waals surface area contributed by atoms with Crippen LogP contribution < -0.4 is 10.5 Å². The number of nitrogens with one attached hydrogen (secondary N) is 1. The molecular weight excluding hydrogens is 272 g/mol. The third kappa shape index (κ3) is 3.65. The fourth-order valence-electron chi connectivity index (χ4n) is 2.00. The molecule has 7 nitrogen and oxygen atoms in total. The van der Waals surface area contributed by atoms with Gasteiger partial charge in [0, 0.05) is 24.1 Å². The van der Waals surface area contributed by atoms with E-state index in [0.29, 0.717) is 29.7 Å². The second-order valence-electron chi connectivity index (χ2n) is 4.57. The largest absolute Gasteiger partial charge is 0.493 e. The van der Waals surface area contributed by atoms with Gasteiger partial charge in [-0.25, -0.2) is 4.98 Å². The van der Waals surface area contributed by atoms with Crippen molar-refractivity contribution in [3.8, 4) is 5.75 Å². The molecule has 0 fully saturated rings. The molecule has 0 saturated carbocycles. The van der Waals surface area contributed by atoms with Gasteiger partial charge in [0.25, 0.3) is 5.69 Å². The molecule has 0 bridgehead atoms. The average Bonchev–Trinajstić information content (AvgIpc) is 2.46. The molecule has 2 rings (SSSR count). The summed E-state index contributed by atoms with van der Waals surface area (Å²) in [4.78, 5) is 14.6. The normalized spacial score (nSPS) is 10.5. The molecule has 3 N–H and O–H groups in total. The zero-order valence-electron chi connectivity index (χ0n) is 11.4. The number of amidine groups is 1. The van der Waals surface area contributed by atoms with Crippen LogP contribution in [0.1, 0.15) is 19.3 Å². The molecular formula is C14H16N4O3. The topological polar surface area (TPSA) is 115 Å². The number of unbranched alkanes of at least 4 members (excludes halogenated alkanes) is 1. The Labute approximate surface area is 121 Å². The van der Waals surface area contributed by atoms with Crippen LogP contribution in [0.3, 0.4) is 0 Å². The summed E-state index contributed by atoms with van der Waals surface area (Å²) in [5, 5.41) is 18.7. The lowest BCUT2D eigenvalue weighted by atomic mass is 10.1. The minimum Gasteiger partial charge on any atom is -0.493 e. The monoisotopic (exact) mass is 288 g/mol. The molecule has 0 aliphatic carbocycles. The zero-order chi connectivity index (χ0) is 15.2. The van der Waals surface area contributed by atoms with E-state index in [4.69, 9.17) is 15.9 Å². The van der Waals surface area contributed by atoms with Gasteiger partial charge in [0.1, 0.15) is 5.75 Å². The number of nitro benzene ring substituents is 1. The predicted molar refractivity (Wildman–Crippen MR) is 79.7 cm³/mol. The van der Waals surface area contributed by atoms with E-state index < -0.39 is 4.92 Å². The Kier molecular flexibility index (Phi) is 4.65. The summed E-state index contributed by atoms with van der Waals surface area (Å²) in [6.07, 6.45) is 3.61. The maximum Gasteiger partial charge on any atom is 0.295 e. The second-order valence-corrected chi connectivity index (χ2v) is 4.57. The van der Waals surface area contributed by atoms with Crippen molar-refractivity contribution in [2.75, 3.05) is 6.61 Å². The summed E-state index contributed by atoms with van der Waals surface area (Å²) in [7, 11) is 0. The summed E-state index contributed by atoms with van der Waals surface area (Å²) in [5.74, 6) is 0.742. The number of non-ortho nitro benzene ring substituents is 1. The van der Waals surface area contributed by atoms with Crippen molar-refractivity contribution in [2.24, 2.45) is 5.73 Å². The summed E-state index contributed by atoms with van der Waals surface area (Å²) < 4.78 is 5.66. The minimum absolute atomic E-state index is 0.0328. The van der Waals surface area contributed by atoms with E-state index in [1.54, 1.807) is 18.2 Å². The van der Waals surface area contributed by atoms with E-state index in [-0.39, 0.29) is 11.5 Å². The zero-order valence-corrected chi connectivity index (χ0v) is 11.4. The molecule has 0 saturated heterocycles. The van der Waals surface area contributed by atoms with E-state index in [1.165, 1.54) is 12.3 Å². The summed E-state index contributed by atoms with van der Waals surface area (Å²) >= 11 is 0. The first kappa shape index (κ1) is 14.7. The van der Waals surface area contributed by atoms with Crippen molar-refractivity contribution >= 4 is 22.4 Å². The minimum atomic E-state index is -0.452. The molecule has 7 heteroatoms. The van der Waals surface area contributed by atoms with Crippen LogP contribution in [0, 0.1) is 15.5 Å². The lowest BCUT2D eigenvalue weighted by Gasteiger charge is -2.09. The molecule has 0 amide bonds. The average molecular weight is 288 g/mol. The third-order valence-corrected chi connectivity index (χ3v) is 3.00. The van der Waals surface area contributed by atoms with Gasteiger partial charge in [0.05, 0.1) is 17.4 Å². The van der Waals surface area contributed by atoms with Gasteiger partial charge in [-0.2, -0.15) is 0 Å². The van der Waals surface area contributed by atoms with Crippen molar-refractivity contribution in [3.63, 3.8) is 0 Å². The van der Waals surface area contributed by atoms with Crippen LogP contribution in [0.15, 0.2) is 30.5 Å². The number of rotatable bonds is 7. The number of ether oxygens (including phenoxy) is 1. The first-order valence-electron chi connectivity index (χ1n) is 6.57. The molecule has 0 aliphatic heterocycles.